The molecule has 5 heteroatoms. The molecule has 1 aliphatic carbocycles. The predicted octanol–water partition coefficient (Wildman–Crippen LogP) is 0.539. The van der Waals surface area contributed by atoms with Crippen molar-refractivity contribution >= 4 is 23.1 Å². The van der Waals surface area contributed by atoms with Gasteiger partial charge in [-0.25, -0.2) is 4.98 Å². The van der Waals surface area contributed by atoms with Crippen LogP contribution in [0.4, 0.5) is 5.82 Å². The summed E-state index contributed by atoms with van der Waals surface area (Å²) < 4.78 is 0. The van der Waals surface area contributed by atoms with Gasteiger partial charge in [-0.15, -0.1) is 0 Å². The molecule has 1 heterocycles. The molecule has 86 valence electrons. The van der Waals surface area contributed by atoms with E-state index in [0.717, 1.165) is 24.0 Å². The van der Waals surface area contributed by atoms with Crippen LogP contribution in [0, 0.1) is 0 Å². The van der Waals surface area contributed by atoms with Crippen LogP contribution in [0.2, 0.25) is 0 Å². The van der Waals surface area contributed by atoms with Crippen molar-refractivity contribution in [1.82, 2.24) is 10.6 Å². The lowest BCUT2D eigenvalue weighted by molar-refractivity contribution is -0.361. The Labute approximate surface area is 101 Å². The molecule has 4 N–H and O–H groups in total. The van der Waals surface area contributed by atoms with Gasteiger partial charge in [0.25, 0.3) is 5.82 Å². The minimum absolute atomic E-state index is 0.621. The molecule has 1 fully saturated rings. The summed E-state index contributed by atoms with van der Waals surface area (Å²) >= 11 is 5.14. The highest BCUT2D eigenvalue weighted by molar-refractivity contribution is 7.80. The monoisotopic (exact) mass is 237 g/mol. The molecule has 0 aliphatic heterocycles. The van der Waals surface area contributed by atoms with Crippen molar-refractivity contribution in [1.29, 1.82) is 0 Å². The van der Waals surface area contributed by atoms with Gasteiger partial charge in [0.2, 0.25) is 0 Å². The van der Waals surface area contributed by atoms with E-state index in [1.807, 2.05) is 24.4 Å². The van der Waals surface area contributed by atoms with E-state index >= 15 is 0 Å². The van der Waals surface area contributed by atoms with Gasteiger partial charge in [0, 0.05) is 12.1 Å². The van der Waals surface area contributed by atoms with Crippen LogP contribution in [-0.4, -0.2) is 24.2 Å². The van der Waals surface area contributed by atoms with Crippen molar-refractivity contribution in [2.45, 2.75) is 18.9 Å². The molecular formula is C11H17N4S+. The Morgan fingerprint density at radius 2 is 2.25 bits per heavy atom. The van der Waals surface area contributed by atoms with Gasteiger partial charge in [0.05, 0.1) is 12.7 Å². The summed E-state index contributed by atoms with van der Waals surface area (Å²) in [5, 5.41) is 10.4. The molecule has 0 atom stereocenters. The molecule has 4 nitrogen and oxygen atoms in total. The zero-order valence-electron chi connectivity index (χ0n) is 9.12. The topological polar surface area (TPSA) is 50.2 Å². The van der Waals surface area contributed by atoms with Gasteiger partial charge in [-0.2, -0.15) is 0 Å². The Bertz CT molecular complexity index is 337. The van der Waals surface area contributed by atoms with E-state index in [9.17, 15) is 0 Å². The third kappa shape index (κ3) is 4.02. The third-order valence-electron chi connectivity index (χ3n) is 2.35. The van der Waals surface area contributed by atoms with Gasteiger partial charge in [-0.3, -0.25) is 5.32 Å². The van der Waals surface area contributed by atoms with E-state index in [1.165, 1.54) is 12.8 Å². The van der Waals surface area contributed by atoms with Crippen molar-refractivity contribution in [3.05, 3.63) is 24.4 Å². The number of nitrogens with one attached hydrogen (secondary N) is 4. The summed E-state index contributed by atoms with van der Waals surface area (Å²) in [6, 6.07) is 6.57. The predicted molar refractivity (Wildman–Crippen MR) is 68.2 cm³/mol. The van der Waals surface area contributed by atoms with Crippen molar-refractivity contribution in [2.75, 3.05) is 18.4 Å². The zero-order chi connectivity index (χ0) is 11.2. The Morgan fingerprint density at radius 3 is 2.94 bits per heavy atom. The van der Waals surface area contributed by atoms with Crippen LogP contribution in [0.3, 0.4) is 0 Å². The number of hydrogen-bond donors (Lipinski definition) is 3. The Kier molecular flexibility index (Phi) is 3.93. The van der Waals surface area contributed by atoms with E-state index in [0.29, 0.717) is 6.04 Å². The van der Waals surface area contributed by atoms with E-state index in [4.69, 9.17) is 12.2 Å². The summed E-state index contributed by atoms with van der Waals surface area (Å²) in [4.78, 5) is 3.11. The van der Waals surface area contributed by atoms with Crippen LogP contribution in [0.1, 0.15) is 12.8 Å². The third-order valence-corrected chi connectivity index (χ3v) is 2.61. The Balaban J connectivity index is 1.56. The van der Waals surface area contributed by atoms with Crippen molar-refractivity contribution < 1.29 is 4.98 Å². The van der Waals surface area contributed by atoms with E-state index in [-0.39, 0.29) is 0 Å². The molecule has 1 aromatic rings. The lowest BCUT2D eigenvalue weighted by Crippen LogP contribution is -2.39. The van der Waals surface area contributed by atoms with Gasteiger partial charge in [-0.05, 0) is 31.1 Å². The molecule has 0 unspecified atom stereocenters. The summed E-state index contributed by atoms with van der Waals surface area (Å²) in [7, 11) is 0. The highest BCUT2D eigenvalue weighted by Crippen LogP contribution is 2.18. The average molecular weight is 237 g/mol. The summed E-state index contributed by atoms with van der Waals surface area (Å²) in [5.41, 5.74) is 0. The van der Waals surface area contributed by atoms with Crippen LogP contribution >= 0.6 is 12.2 Å². The number of hydrogen-bond acceptors (Lipinski definition) is 2. The lowest BCUT2D eigenvalue weighted by Gasteiger charge is -2.08. The highest BCUT2D eigenvalue weighted by atomic mass is 32.1. The van der Waals surface area contributed by atoms with Crippen LogP contribution < -0.4 is 20.9 Å². The zero-order valence-corrected chi connectivity index (χ0v) is 9.94. The van der Waals surface area contributed by atoms with Gasteiger partial charge < -0.3 is 10.6 Å². The second-order valence-corrected chi connectivity index (χ2v) is 4.29. The quantitative estimate of drug-likeness (QED) is 0.517. The molecule has 0 aromatic carbocycles. The van der Waals surface area contributed by atoms with Gasteiger partial charge in [0.1, 0.15) is 6.54 Å². The van der Waals surface area contributed by atoms with Crippen LogP contribution in [0.5, 0.6) is 0 Å². The van der Waals surface area contributed by atoms with E-state index in [1.54, 1.807) is 0 Å². The first-order chi connectivity index (χ1) is 7.84. The summed E-state index contributed by atoms with van der Waals surface area (Å²) in [6.07, 6.45) is 4.40. The van der Waals surface area contributed by atoms with E-state index in [2.05, 4.69) is 20.9 Å². The lowest BCUT2D eigenvalue weighted by atomic mass is 10.4. The average Bonchev–Trinajstić information content (AvgIpc) is 3.10. The number of aromatic amines is 1. The van der Waals surface area contributed by atoms with Gasteiger partial charge in [-0.1, -0.05) is 6.07 Å². The maximum Gasteiger partial charge on any atom is 0.272 e. The van der Waals surface area contributed by atoms with Crippen LogP contribution in [0.15, 0.2) is 24.4 Å². The number of aromatic nitrogens is 1. The van der Waals surface area contributed by atoms with Gasteiger partial charge >= 0.3 is 0 Å². The summed E-state index contributed by atoms with van der Waals surface area (Å²) in [6.45, 7) is 1.66. The Hall–Kier alpha value is -1.36. The smallest absolute Gasteiger partial charge is 0.272 e. The number of anilines is 1. The molecule has 0 bridgehead atoms. The molecule has 2 rings (SSSR count). The maximum atomic E-state index is 5.14. The first-order valence-electron chi connectivity index (χ1n) is 5.59. The SMILES string of the molecule is S=C(NCCNc1cccc[nH+]1)NC1CC1. The minimum atomic E-state index is 0.621. The molecule has 1 aromatic heterocycles. The number of rotatable bonds is 5. The molecule has 1 aliphatic rings. The number of thiocarbonyl (C=S) groups is 1. The number of H-pyrrole nitrogens is 1. The molecule has 0 saturated heterocycles. The second-order valence-electron chi connectivity index (χ2n) is 3.88. The highest BCUT2D eigenvalue weighted by Gasteiger charge is 2.21. The van der Waals surface area contributed by atoms with E-state index < -0.39 is 0 Å². The minimum Gasteiger partial charge on any atom is -0.360 e. The Morgan fingerprint density at radius 1 is 1.38 bits per heavy atom. The number of pyridine rings is 1. The van der Waals surface area contributed by atoms with Crippen LogP contribution in [-0.2, 0) is 0 Å². The molecule has 0 spiro atoms. The first-order valence-corrected chi connectivity index (χ1v) is 6.00. The maximum absolute atomic E-state index is 5.14. The van der Waals surface area contributed by atoms with Crippen molar-refractivity contribution in [3.63, 3.8) is 0 Å². The molecule has 0 radical (unpaired) electrons. The fraction of sp³-hybridized carbons (Fsp3) is 0.455. The summed E-state index contributed by atoms with van der Waals surface area (Å²) in [5.74, 6) is 1.02. The molecule has 0 amide bonds. The first kappa shape index (κ1) is 11.1. The second kappa shape index (κ2) is 5.65. The van der Waals surface area contributed by atoms with Crippen molar-refractivity contribution in [2.24, 2.45) is 0 Å². The molecule has 16 heavy (non-hydrogen) atoms. The standard InChI is InChI=1S/C11H16N4S/c16-11(15-9-4-5-9)14-8-7-13-10-3-1-2-6-12-10/h1-3,6,9H,4-5,7-8H2,(H,12,13)(H2,14,15,16)/p+1. The van der Waals surface area contributed by atoms with Gasteiger partial charge in [0.15, 0.2) is 5.11 Å². The molecular weight excluding hydrogens is 220 g/mol. The molecule has 1 saturated carbocycles. The van der Waals surface area contributed by atoms with Crippen molar-refractivity contribution in [3.8, 4) is 0 Å². The fourth-order valence-electron chi connectivity index (χ4n) is 1.34. The van der Waals surface area contributed by atoms with Crippen LogP contribution in [0.25, 0.3) is 0 Å². The largest absolute Gasteiger partial charge is 0.360 e. The fourth-order valence-corrected chi connectivity index (χ4v) is 1.61. The normalized spacial score (nSPS) is 14.2.